The molecular formula is C13H17Cl2NO. The van der Waals surface area contributed by atoms with Crippen LogP contribution in [-0.4, -0.2) is 17.9 Å². The second-order valence-corrected chi connectivity index (χ2v) is 5.33. The van der Waals surface area contributed by atoms with Crippen LogP contribution in [-0.2, 0) is 11.2 Å². The van der Waals surface area contributed by atoms with Gasteiger partial charge in [-0.25, -0.2) is 0 Å². The second-order valence-electron chi connectivity index (χ2n) is 4.49. The predicted octanol–water partition coefficient (Wildman–Crippen LogP) is 3.49. The summed E-state index contributed by atoms with van der Waals surface area (Å²) in [4.78, 5) is 12.1. The van der Waals surface area contributed by atoms with Crippen LogP contribution in [0.1, 0.15) is 26.3 Å². The number of rotatable bonds is 5. The highest BCUT2D eigenvalue weighted by atomic mass is 35.5. The smallest absolute Gasteiger partial charge is 0.156 e. The fourth-order valence-electron chi connectivity index (χ4n) is 1.60. The Morgan fingerprint density at radius 2 is 2.00 bits per heavy atom. The maximum Gasteiger partial charge on any atom is 0.156 e. The van der Waals surface area contributed by atoms with E-state index in [9.17, 15) is 4.79 Å². The van der Waals surface area contributed by atoms with Gasteiger partial charge in [-0.1, -0.05) is 36.2 Å². The average molecular weight is 274 g/mol. The van der Waals surface area contributed by atoms with Crippen molar-refractivity contribution in [1.29, 1.82) is 0 Å². The Bertz CT molecular complexity index is 416. The molecule has 0 aliphatic carbocycles. The van der Waals surface area contributed by atoms with Crippen LogP contribution in [0, 0.1) is 0 Å². The molecule has 1 N–H and O–H groups in total. The molecule has 0 saturated carbocycles. The van der Waals surface area contributed by atoms with Crippen molar-refractivity contribution in [2.24, 2.45) is 0 Å². The first-order valence-corrected chi connectivity index (χ1v) is 6.34. The lowest BCUT2D eigenvalue weighted by molar-refractivity contribution is -0.123. The van der Waals surface area contributed by atoms with Gasteiger partial charge in [0.1, 0.15) is 0 Å². The summed E-state index contributed by atoms with van der Waals surface area (Å²) in [6, 6.07) is 5.20. The molecule has 0 spiro atoms. The molecule has 0 radical (unpaired) electrons. The number of hydrogen-bond acceptors (Lipinski definition) is 2. The molecule has 0 heterocycles. The van der Waals surface area contributed by atoms with Gasteiger partial charge in [-0.3, -0.25) is 4.79 Å². The minimum atomic E-state index is -0.530. The Labute approximate surface area is 112 Å². The summed E-state index contributed by atoms with van der Waals surface area (Å²) in [7, 11) is 0. The third-order valence-electron chi connectivity index (χ3n) is 2.68. The van der Waals surface area contributed by atoms with Crippen molar-refractivity contribution in [3.63, 3.8) is 0 Å². The fourth-order valence-corrected chi connectivity index (χ4v) is 2.07. The minimum absolute atomic E-state index is 0.114. The molecule has 17 heavy (non-hydrogen) atoms. The van der Waals surface area contributed by atoms with Crippen LogP contribution in [0.25, 0.3) is 0 Å². The van der Waals surface area contributed by atoms with E-state index in [4.69, 9.17) is 23.2 Å². The molecule has 0 saturated heterocycles. The molecule has 0 fully saturated rings. The van der Waals surface area contributed by atoms with Gasteiger partial charge in [0.15, 0.2) is 5.78 Å². The topological polar surface area (TPSA) is 29.1 Å². The zero-order chi connectivity index (χ0) is 13.1. The Kier molecular flexibility index (Phi) is 4.99. The highest BCUT2D eigenvalue weighted by molar-refractivity contribution is 6.35. The molecule has 0 aromatic heterocycles. The number of likely N-dealkylation sites (N-methyl/N-ethyl adjacent to an activating group) is 1. The monoisotopic (exact) mass is 273 g/mol. The van der Waals surface area contributed by atoms with E-state index in [1.165, 1.54) is 0 Å². The van der Waals surface area contributed by atoms with E-state index in [0.717, 1.165) is 12.1 Å². The molecule has 94 valence electrons. The van der Waals surface area contributed by atoms with Crippen LogP contribution in [0.5, 0.6) is 0 Å². The summed E-state index contributed by atoms with van der Waals surface area (Å²) in [6.45, 7) is 6.49. The van der Waals surface area contributed by atoms with Gasteiger partial charge in [-0.2, -0.15) is 0 Å². The number of nitrogens with one attached hydrogen (secondary N) is 1. The molecule has 1 aromatic carbocycles. The van der Waals surface area contributed by atoms with Gasteiger partial charge in [0.2, 0.25) is 0 Å². The van der Waals surface area contributed by atoms with Crippen LogP contribution < -0.4 is 5.32 Å². The van der Waals surface area contributed by atoms with Gasteiger partial charge in [-0.15, -0.1) is 0 Å². The third-order valence-corrected chi connectivity index (χ3v) is 3.27. The Morgan fingerprint density at radius 1 is 1.35 bits per heavy atom. The van der Waals surface area contributed by atoms with Gasteiger partial charge >= 0.3 is 0 Å². The first-order valence-electron chi connectivity index (χ1n) is 5.59. The van der Waals surface area contributed by atoms with Crippen molar-refractivity contribution in [2.75, 3.05) is 6.54 Å². The average Bonchev–Trinajstić information content (AvgIpc) is 2.22. The third kappa shape index (κ3) is 3.98. The predicted molar refractivity (Wildman–Crippen MR) is 72.9 cm³/mol. The number of carbonyl (C=O) groups excluding carboxylic acids is 1. The van der Waals surface area contributed by atoms with E-state index in [1.807, 2.05) is 20.8 Å². The minimum Gasteiger partial charge on any atom is -0.306 e. The molecule has 1 aromatic rings. The first kappa shape index (κ1) is 14.5. The molecule has 0 bridgehead atoms. The molecule has 0 atom stereocenters. The number of ketones is 1. The van der Waals surface area contributed by atoms with Crippen molar-refractivity contribution in [2.45, 2.75) is 32.7 Å². The summed E-state index contributed by atoms with van der Waals surface area (Å²) in [5.41, 5.74) is 0.282. The molecule has 4 heteroatoms. The van der Waals surface area contributed by atoms with E-state index < -0.39 is 5.54 Å². The van der Waals surface area contributed by atoms with E-state index in [2.05, 4.69) is 5.32 Å². The number of benzene rings is 1. The van der Waals surface area contributed by atoms with Crippen molar-refractivity contribution in [3.8, 4) is 0 Å². The maximum atomic E-state index is 12.1. The standard InChI is InChI=1S/C13H17Cl2NO/c1-4-16-13(2,3)12(17)7-9-5-6-10(14)8-11(9)15/h5-6,8,16H,4,7H2,1-3H3. The SMILES string of the molecule is CCNC(C)(C)C(=O)Cc1ccc(Cl)cc1Cl. The van der Waals surface area contributed by atoms with Crippen LogP contribution in [0.15, 0.2) is 18.2 Å². The summed E-state index contributed by atoms with van der Waals surface area (Å²) < 4.78 is 0. The first-order chi connectivity index (χ1) is 7.86. The second kappa shape index (κ2) is 5.85. The van der Waals surface area contributed by atoms with Crippen LogP contribution >= 0.6 is 23.2 Å². The van der Waals surface area contributed by atoms with Crippen molar-refractivity contribution in [3.05, 3.63) is 33.8 Å². The summed E-state index contributed by atoms with van der Waals surface area (Å²) in [6.07, 6.45) is 0.315. The van der Waals surface area contributed by atoms with E-state index in [-0.39, 0.29) is 5.78 Å². The summed E-state index contributed by atoms with van der Waals surface area (Å²) in [5, 5.41) is 4.27. The number of carbonyl (C=O) groups is 1. The highest BCUT2D eigenvalue weighted by Crippen LogP contribution is 2.22. The van der Waals surface area contributed by atoms with Crippen LogP contribution in [0.2, 0.25) is 10.0 Å². The van der Waals surface area contributed by atoms with Crippen LogP contribution in [0.3, 0.4) is 0 Å². The van der Waals surface area contributed by atoms with Gasteiger partial charge in [0, 0.05) is 16.5 Å². The summed E-state index contributed by atoms with van der Waals surface area (Å²) in [5.74, 6) is 0.114. The van der Waals surface area contributed by atoms with E-state index >= 15 is 0 Å². The zero-order valence-electron chi connectivity index (χ0n) is 10.3. The normalized spacial score (nSPS) is 11.6. The Hall–Kier alpha value is -0.570. The Morgan fingerprint density at radius 3 is 2.53 bits per heavy atom. The molecule has 2 nitrogen and oxygen atoms in total. The lowest BCUT2D eigenvalue weighted by atomic mass is 9.93. The molecule has 1 rings (SSSR count). The Balaban J connectivity index is 2.81. The van der Waals surface area contributed by atoms with Crippen molar-refractivity contribution in [1.82, 2.24) is 5.32 Å². The largest absolute Gasteiger partial charge is 0.306 e. The van der Waals surface area contributed by atoms with Crippen molar-refractivity contribution < 1.29 is 4.79 Å². The lowest BCUT2D eigenvalue weighted by Gasteiger charge is -2.24. The van der Waals surface area contributed by atoms with Crippen LogP contribution in [0.4, 0.5) is 0 Å². The number of hydrogen-bond donors (Lipinski definition) is 1. The number of halogens is 2. The fraction of sp³-hybridized carbons (Fsp3) is 0.462. The quantitative estimate of drug-likeness (QED) is 0.890. The highest BCUT2D eigenvalue weighted by Gasteiger charge is 2.26. The lowest BCUT2D eigenvalue weighted by Crippen LogP contribution is -2.47. The maximum absolute atomic E-state index is 12.1. The molecule has 0 unspecified atom stereocenters. The zero-order valence-corrected chi connectivity index (χ0v) is 11.8. The summed E-state index contributed by atoms with van der Waals surface area (Å²) >= 11 is 11.9. The number of Topliss-reactive ketones (excluding diaryl/α,β-unsaturated/α-hetero) is 1. The molecule has 0 aliphatic rings. The van der Waals surface area contributed by atoms with Gasteiger partial charge in [0.25, 0.3) is 0 Å². The van der Waals surface area contributed by atoms with Crippen molar-refractivity contribution >= 4 is 29.0 Å². The van der Waals surface area contributed by atoms with E-state index in [0.29, 0.717) is 16.5 Å². The van der Waals surface area contributed by atoms with Gasteiger partial charge < -0.3 is 5.32 Å². The van der Waals surface area contributed by atoms with Gasteiger partial charge in [0.05, 0.1) is 5.54 Å². The molecular weight excluding hydrogens is 257 g/mol. The molecule has 0 aliphatic heterocycles. The van der Waals surface area contributed by atoms with E-state index in [1.54, 1.807) is 18.2 Å². The molecule has 0 amide bonds. The van der Waals surface area contributed by atoms with Gasteiger partial charge in [-0.05, 0) is 38.1 Å².